The Kier molecular flexibility index (Phi) is 18.1. The van der Waals surface area contributed by atoms with Crippen LogP contribution in [0.4, 0.5) is 0 Å². The van der Waals surface area contributed by atoms with Crippen molar-refractivity contribution in [3.8, 4) is 0 Å². The Morgan fingerprint density at radius 1 is 0.545 bits per heavy atom. The van der Waals surface area contributed by atoms with Gasteiger partial charge in [-0.3, -0.25) is 0 Å². The van der Waals surface area contributed by atoms with Crippen LogP contribution in [0.25, 0.3) is 0 Å². The average Bonchev–Trinajstić information content (AvgIpc) is 2.35. The van der Waals surface area contributed by atoms with E-state index in [1.165, 1.54) is 0 Å². The molecule has 0 aromatic heterocycles. The van der Waals surface area contributed by atoms with E-state index in [-0.39, 0.29) is 47.9 Å². The average molecular weight is 454 g/mol. The van der Waals surface area contributed by atoms with Gasteiger partial charge in [0.25, 0.3) is 0 Å². The first-order valence-corrected chi connectivity index (χ1v) is 4.49. The van der Waals surface area contributed by atoms with Crippen LogP contribution < -0.4 is 26.6 Å². The van der Waals surface area contributed by atoms with Gasteiger partial charge in [-0.1, -0.05) is 0 Å². The zero-order chi connectivity index (χ0) is 16.6. The van der Waals surface area contributed by atoms with Gasteiger partial charge in [0, 0.05) is 0 Å². The number of carboxylic acid groups (broad SMARTS) is 4. The van der Waals surface area contributed by atoms with Crippen LogP contribution in [0.1, 0.15) is 0 Å². The van der Waals surface area contributed by atoms with Crippen LogP contribution in [0.15, 0.2) is 0 Å². The SMILES string of the molecule is O=C([O-])C(O)C(O)C(=O)[O-].O=C([O-])[C@H](O)[C@@H](O)C(=O)[O-].[Ce+3].[NH4+]. The fourth-order valence-electron chi connectivity index (χ4n) is 0.516. The van der Waals surface area contributed by atoms with E-state index in [0.29, 0.717) is 0 Å². The van der Waals surface area contributed by atoms with Crippen molar-refractivity contribution in [2.24, 2.45) is 0 Å². The van der Waals surface area contributed by atoms with E-state index in [4.69, 9.17) is 20.4 Å². The molecule has 0 aromatic rings. The molecule has 0 rings (SSSR count). The summed E-state index contributed by atoms with van der Waals surface area (Å²) in [7, 11) is 0. The van der Waals surface area contributed by atoms with E-state index in [0.717, 1.165) is 0 Å². The number of aliphatic hydroxyl groups excluding tert-OH is 4. The minimum Gasteiger partial charge on any atom is -0.547 e. The molecule has 0 heterocycles. The van der Waals surface area contributed by atoms with Crippen LogP contribution in [-0.4, -0.2) is 68.7 Å². The Hall–Kier alpha value is -0.943. The molecule has 22 heavy (non-hydrogen) atoms. The van der Waals surface area contributed by atoms with E-state index < -0.39 is 48.3 Å². The molecule has 2 unspecified atom stereocenters. The summed E-state index contributed by atoms with van der Waals surface area (Å²) in [5.41, 5.74) is 0. The molecular formula is C8H12CeNO12. The quantitative estimate of drug-likeness (QED) is 0.250. The molecule has 13 nitrogen and oxygen atoms in total. The number of aliphatic hydroxyl groups is 4. The molecule has 0 saturated heterocycles. The molecule has 0 amide bonds. The van der Waals surface area contributed by atoms with E-state index >= 15 is 0 Å². The molecule has 0 aliphatic rings. The maximum Gasteiger partial charge on any atom is 3.00 e. The van der Waals surface area contributed by atoms with Gasteiger partial charge in [0.1, 0.15) is 24.4 Å². The second-order valence-electron chi connectivity index (χ2n) is 3.06. The molecule has 0 spiro atoms. The minimum atomic E-state index is -2.44. The maximum atomic E-state index is 9.63. The second-order valence-corrected chi connectivity index (χ2v) is 3.06. The minimum absolute atomic E-state index is 0. The zero-order valence-corrected chi connectivity index (χ0v) is 14.0. The predicted octanol–water partition coefficient (Wildman–Crippen LogP) is -9.21. The van der Waals surface area contributed by atoms with E-state index in [1.807, 2.05) is 0 Å². The third-order valence-electron chi connectivity index (χ3n) is 1.56. The number of hydrogen-bond donors (Lipinski definition) is 5. The van der Waals surface area contributed by atoms with Crippen molar-refractivity contribution in [2.75, 3.05) is 0 Å². The molecule has 8 N–H and O–H groups in total. The van der Waals surface area contributed by atoms with Gasteiger partial charge < -0.3 is 66.2 Å². The zero-order valence-electron chi connectivity index (χ0n) is 10.9. The fourth-order valence-corrected chi connectivity index (χ4v) is 0.516. The Morgan fingerprint density at radius 2 is 0.636 bits per heavy atom. The van der Waals surface area contributed by atoms with Gasteiger partial charge in [-0.05, 0) is 0 Å². The Labute approximate surface area is 155 Å². The topological polar surface area (TPSA) is 278 Å². The van der Waals surface area contributed by atoms with Gasteiger partial charge >= 0.3 is 41.7 Å². The molecule has 0 aromatic carbocycles. The molecule has 0 bridgehead atoms. The van der Waals surface area contributed by atoms with Crippen LogP contribution in [0, 0.1) is 41.7 Å². The summed E-state index contributed by atoms with van der Waals surface area (Å²) in [4.78, 5) is 38.5. The predicted molar refractivity (Wildman–Crippen MR) is 50.0 cm³/mol. The van der Waals surface area contributed by atoms with Crippen LogP contribution >= 0.6 is 0 Å². The number of aliphatic carboxylic acids is 4. The molecule has 125 valence electrons. The van der Waals surface area contributed by atoms with Crippen LogP contribution in [0.5, 0.6) is 0 Å². The van der Waals surface area contributed by atoms with Crippen molar-refractivity contribution in [3.05, 3.63) is 0 Å². The number of quaternary nitrogens is 1. The van der Waals surface area contributed by atoms with Crippen molar-refractivity contribution in [3.63, 3.8) is 0 Å². The van der Waals surface area contributed by atoms with Crippen molar-refractivity contribution >= 4 is 23.9 Å². The molecule has 0 aliphatic heterocycles. The van der Waals surface area contributed by atoms with Gasteiger partial charge in [-0.25, -0.2) is 0 Å². The van der Waals surface area contributed by atoms with Crippen LogP contribution in [0.2, 0.25) is 0 Å². The van der Waals surface area contributed by atoms with Gasteiger partial charge in [-0.15, -0.1) is 0 Å². The fraction of sp³-hybridized carbons (Fsp3) is 0.500. The smallest absolute Gasteiger partial charge is 0.547 e. The van der Waals surface area contributed by atoms with Crippen molar-refractivity contribution in [1.29, 1.82) is 0 Å². The third-order valence-corrected chi connectivity index (χ3v) is 1.56. The molecule has 0 saturated carbocycles. The van der Waals surface area contributed by atoms with Gasteiger partial charge in [0.2, 0.25) is 0 Å². The first kappa shape index (κ1) is 29.1. The van der Waals surface area contributed by atoms with Gasteiger partial charge in [-0.2, -0.15) is 0 Å². The summed E-state index contributed by atoms with van der Waals surface area (Å²) < 4.78 is 0. The standard InChI is InChI=1S/2C4H6O6.Ce.H3N/c2*5-1(3(7)8)2(6)4(9)10;;/h2*1-2,5-6H,(H,7,8)(H,9,10);;1H3/q;;+3;/p-3/t1-,2-;;;/m1.../s1. The number of carbonyl (C=O) groups excluding carboxylic acids is 4. The van der Waals surface area contributed by atoms with Crippen molar-refractivity contribution in [1.82, 2.24) is 6.15 Å². The molecule has 0 fully saturated rings. The number of carbonyl (C=O) groups is 4. The first-order chi connectivity index (χ1) is 8.93. The molecule has 1 radical (unpaired) electrons. The Bertz CT molecular complexity index is 315. The van der Waals surface area contributed by atoms with Gasteiger partial charge in [0.15, 0.2) is 0 Å². The van der Waals surface area contributed by atoms with E-state index in [2.05, 4.69) is 0 Å². The summed E-state index contributed by atoms with van der Waals surface area (Å²) >= 11 is 0. The maximum absolute atomic E-state index is 9.63. The largest absolute Gasteiger partial charge is 3.00 e. The molecule has 4 atom stereocenters. The summed E-state index contributed by atoms with van der Waals surface area (Å²) in [6.07, 6.45) is -9.76. The molecule has 14 heteroatoms. The second kappa shape index (κ2) is 13.7. The summed E-state index contributed by atoms with van der Waals surface area (Å²) in [5.74, 6) is -8.23. The number of carboxylic acids is 4. The van der Waals surface area contributed by atoms with Crippen molar-refractivity contribution in [2.45, 2.75) is 24.4 Å². The number of rotatable bonds is 6. The normalized spacial score (nSPS) is 14.4. The third kappa shape index (κ3) is 11.7. The Morgan fingerprint density at radius 3 is 0.682 bits per heavy atom. The number of hydrogen-bond acceptors (Lipinski definition) is 12. The van der Waals surface area contributed by atoms with Crippen LogP contribution in [0.3, 0.4) is 0 Å². The monoisotopic (exact) mass is 454 g/mol. The molecule has 0 aliphatic carbocycles. The van der Waals surface area contributed by atoms with E-state index in [9.17, 15) is 39.6 Å². The molecular weight excluding hydrogens is 442 g/mol. The van der Waals surface area contributed by atoms with Gasteiger partial charge in [0.05, 0.1) is 23.9 Å². The first-order valence-electron chi connectivity index (χ1n) is 4.49. The summed E-state index contributed by atoms with van der Waals surface area (Å²) in [6, 6.07) is 0. The summed E-state index contributed by atoms with van der Waals surface area (Å²) in [5, 5.41) is 71.5. The Balaban J connectivity index is -0.000000135. The van der Waals surface area contributed by atoms with Crippen molar-refractivity contribution < 1.29 is 102 Å². The summed E-state index contributed by atoms with van der Waals surface area (Å²) in [6.45, 7) is 0. The van der Waals surface area contributed by atoms with E-state index in [1.54, 1.807) is 0 Å². The van der Waals surface area contributed by atoms with Crippen LogP contribution in [-0.2, 0) is 19.2 Å².